The number of rotatable bonds is 5. The number of aliphatic hydroxyl groups is 1. The first-order valence-electron chi connectivity index (χ1n) is 12.9. The fourth-order valence-electron chi connectivity index (χ4n) is 5.57. The number of hydrogen-bond donors (Lipinski definition) is 6. The van der Waals surface area contributed by atoms with Gasteiger partial charge >= 0.3 is 0 Å². The number of fused-ring (bicyclic) bond motifs is 5. The average molecular weight is 557 g/mol. The third kappa shape index (κ3) is 4.00. The molecule has 0 heterocycles. The summed E-state index contributed by atoms with van der Waals surface area (Å²) in [6, 6.07) is 3.01. The van der Waals surface area contributed by atoms with Gasteiger partial charge in [-0.05, 0) is 64.3 Å². The Labute approximate surface area is 232 Å². The molecule has 1 atom stereocenters. The van der Waals surface area contributed by atoms with Crippen molar-refractivity contribution in [3.63, 3.8) is 0 Å². The summed E-state index contributed by atoms with van der Waals surface area (Å²) in [5.74, 6) is -3.18. The molecule has 5 aromatic carbocycles. The van der Waals surface area contributed by atoms with E-state index in [1.165, 1.54) is 0 Å². The first-order chi connectivity index (χ1) is 19.3. The Morgan fingerprint density at radius 3 is 1.76 bits per heavy atom. The van der Waals surface area contributed by atoms with E-state index in [9.17, 15) is 45.0 Å². The molecule has 0 bridgehead atoms. The fraction of sp³-hybridized carbons (Fsp3) is 0.219. The number of benzene rings is 4. The predicted molar refractivity (Wildman–Crippen MR) is 158 cm³/mol. The molecule has 0 spiro atoms. The summed E-state index contributed by atoms with van der Waals surface area (Å²) in [6.07, 6.45) is 2.14. The normalized spacial score (nSPS) is 12.4. The van der Waals surface area contributed by atoms with Crippen molar-refractivity contribution >= 4 is 43.1 Å². The van der Waals surface area contributed by atoms with Crippen molar-refractivity contribution in [3.8, 4) is 28.7 Å². The first-order valence-corrected chi connectivity index (χ1v) is 12.9. The smallest absolute Gasteiger partial charge is 0.196 e. The molecule has 0 saturated heterocycles. The maximum absolute atomic E-state index is 13.6. The lowest BCUT2D eigenvalue weighted by Gasteiger charge is -2.12. The monoisotopic (exact) mass is 556 g/mol. The van der Waals surface area contributed by atoms with E-state index in [0.29, 0.717) is 0 Å². The number of phenols is 5. The van der Waals surface area contributed by atoms with Crippen molar-refractivity contribution in [3.05, 3.63) is 83.3 Å². The molecule has 41 heavy (non-hydrogen) atoms. The summed E-state index contributed by atoms with van der Waals surface area (Å²) in [6.45, 7) is 7.22. The second-order valence-corrected chi connectivity index (χ2v) is 10.8. The van der Waals surface area contributed by atoms with E-state index in [1.54, 1.807) is 26.0 Å². The summed E-state index contributed by atoms with van der Waals surface area (Å²) in [4.78, 5) is 39.7. The van der Waals surface area contributed by atoms with Gasteiger partial charge in [0.1, 0.15) is 28.7 Å². The van der Waals surface area contributed by atoms with Gasteiger partial charge in [0.2, 0.25) is 0 Å². The molecule has 9 heteroatoms. The standard InChI is InChI=1S/C32H28O9/c1-12(2)5-7-14-20-25(31(40)23-18(35)10-9-17(34)22(23)29(20)38)26-21(14)30(39)24-19(36)11-15(16(33)8-6-13(3)4)28(37)27(24)32(26)41/h5-6,9-11,16,33-34,38-41H,7-8H2,1-4H3/t16-/m1/s1. The van der Waals surface area contributed by atoms with Crippen LogP contribution in [-0.4, -0.2) is 30.6 Å². The third-order valence-electron chi connectivity index (χ3n) is 7.49. The maximum atomic E-state index is 13.6. The number of hydrogen-bond acceptors (Lipinski definition) is 9. The van der Waals surface area contributed by atoms with Gasteiger partial charge in [-0.1, -0.05) is 23.3 Å². The minimum atomic E-state index is -1.37. The number of allylic oxidation sites excluding steroid dienone is 3. The van der Waals surface area contributed by atoms with Crippen molar-refractivity contribution < 1.29 is 30.6 Å². The quantitative estimate of drug-likeness (QED) is 0.133. The Morgan fingerprint density at radius 2 is 1.17 bits per heavy atom. The fourth-order valence-corrected chi connectivity index (χ4v) is 5.57. The van der Waals surface area contributed by atoms with Gasteiger partial charge in [0.05, 0.1) is 27.6 Å². The molecule has 5 aromatic rings. The van der Waals surface area contributed by atoms with Crippen molar-refractivity contribution in [2.24, 2.45) is 0 Å². The molecule has 0 amide bonds. The summed E-state index contributed by atoms with van der Waals surface area (Å²) >= 11 is 0. The molecule has 6 N–H and O–H groups in total. The highest BCUT2D eigenvalue weighted by Gasteiger charge is 2.31. The summed E-state index contributed by atoms with van der Waals surface area (Å²) in [5.41, 5.74) is -0.802. The zero-order valence-electron chi connectivity index (χ0n) is 22.8. The molecule has 0 radical (unpaired) electrons. The molecule has 0 fully saturated rings. The van der Waals surface area contributed by atoms with E-state index in [0.717, 1.165) is 29.3 Å². The molecular weight excluding hydrogens is 528 g/mol. The van der Waals surface area contributed by atoms with Gasteiger partial charge in [0.15, 0.2) is 16.3 Å². The Balaban J connectivity index is 2.09. The van der Waals surface area contributed by atoms with Gasteiger partial charge in [-0.3, -0.25) is 14.4 Å². The van der Waals surface area contributed by atoms with Crippen LogP contribution in [0, 0.1) is 0 Å². The Morgan fingerprint density at radius 1 is 0.659 bits per heavy atom. The van der Waals surface area contributed by atoms with Gasteiger partial charge in [-0.25, -0.2) is 0 Å². The van der Waals surface area contributed by atoms with Crippen LogP contribution < -0.4 is 16.3 Å². The van der Waals surface area contributed by atoms with E-state index < -0.39 is 67.3 Å². The third-order valence-corrected chi connectivity index (χ3v) is 7.49. The van der Waals surface area contributed by atoms with Crippen molar-refractivity contribution in [1.82, 2.24) is 0 Å². The minimum Gasteiger partial charge on any atom is -0.507 e. The van der Waals surface area contributed by atoms with E-state index in [1.807, 2.05) is 13.8 Å². The Kier molecular flexibility index (Phi) is 6.50. The lowest BCUT2D eigenvalue weighted by molar-refractivity contribution is 0.180. The summed E-state index contributed by atoms with van der Waals surface area (Å²) < 4.78 is 0. The van der Waals surface area contributed by atoms with Crippen LogP contribution in [0.5, 0.6) is 28.7 Å². The van der Waals surface area contributed by atoms with Gasteiger partial charge in [-0.2, -0.15) is 0 Å². The zero-order valence-corrected chi connectivity index (χ0v) is 22.8. The highest BCUT2D eigenvalue weighted by molar-refractivity contribution is 6.31. The lowest BCUT2D eigenvalue weighted by Crippen LogP contribution is -2.19. The molecule has 0 aromatic heterocycles. The predicted octanol–water partition coefficient (Wildman–Crippen LogP) is 4.68. The number of phenolic OH excluding ortho intramolecular Hbond substituents is 5. The largest absolute Gasteiger partial charge is 0.507 e. The van der Waals surface area contributed by atoms with Gasteiger partial charge in [0, 0.05) is 27.1 Å². The van der Waals surface area contributed by atoms with E-state index in [-0.39, 0.29) is 50.9 Å². The van der Waals surface area contributed by atoms with Crippen molar-refractivity contribution in [2.45, 2.75) is 46.6 Å². The molecular formula is C32H28O9. The molecule has 0 unspecified atom stereocenters. The molecule has 0 saturated carbocycles. The zero-order chi connectivity index (χ0) is 30.1. The van der Waals surface area contributed by atoms with Crippen LogP contribution in [0.25, 0.3) is 43.1 Å². The maximum Gasteiger partial charge on any atom is 0.196 e. The van der Waals surface area contributed by atoms with Crippen LogP contribution >= 0.6 is 0 Å². The minimum absolute atomic E-state index is 0.0279. The van der Waals surface area contributed by atoms with Gasteiger partial charge in [0.25, 0.3) is 0 Å². The molecule has 0 aliphatic heterocycles. The molecule has 5 rings (SSSR count). The van der Waals surface area contributed by atoms with Crippen LogP contribution in [0.4, 0.5) is 0 Å². The second-order valence-electron chi connectivity index (χ2n) is 10.8. The van der Waals surface area contributed by atoms with Crippen LogP contribution in [0.2, 0.25) is 0 Å². The topological polar surface area (TPSA) is 173 Å². The van der Waals surface area contributed by atoms with E-state index >= 15 is 0 Å². The van der Waals surface area contributed by atoms with Crippen molar-refractivity contribution in [1.29, 1.82) is 0 Å². The Bertz CT molecular complexity index is 2150. The Hall–Kier alpha value is -4.89. The van der Waals surface area contributed by atoms with E-state index in [4.69, 9.17) is 0 Å². The number of aromatic hydroxyl groups is 5. The summed E-state index contributed by atoms with van der Waals surface area (Å²) in [5, 5.41) is 64.6. The SMILES string of the molecule is CC(C)=CCc1c2c(O)c3c(O)ccc(=O)c3c(O)c2c2c(O)c3c(=O)c([C@H](O)CC=C(C)C)cc(=O)c3c(O)c12. The first kappa shape index (κ1) is 27.7. The average Bonchev–Trinajstić information content (AvgIpc) is 3.26. The van der Waals surface area contributed by atoms with Crippen molar-refractivity contribution in [2.75, 3.05) is 0 Å². The van der Waals surface area contributed by atoms with Crippen LogP contribution in [0.1, 0.15) is 51.3 Å². The van der Waals surface area contributed by atoms with Crippen LogP contribution in [-0.2, 0) is 6.42 Å². The number of aliphatic hydroxyl groups excluding tert-OH is 1. The second kappa shape index (κ2) is 9.64. The van der Waals surface area contributed by atoms with Crippen LogP contribution in [0.3, 0.4) is 0 Å². The highest BCUT2D eigenvalue weighted by Crippen LogP contribution is 2.55. The molecule has 9 nitrogen and oxygen atoms in total. The van der Waals surface area contributed by atoms with Gasteiger partial charge in [-0.15, -0.1) is 0 Å². The summed E-state index contributed by atoms with van der Waals surface area (Å²) in [7, 11) is 0. The van der Waals surface area contributed by atoms with E-state index in [2.05, 4.69) is 0 Å². The lowest BCUT2D eigenvalue weighted by atomic mass is 9.95. The van der Waals surface area contributed by atoms with Crippen LogP contribution in [0.15, 0.2) is 55.9 Å². The molecule has 0 aliphatic carbocycles. The highest BCUT2D eigenvalue weighted by atomic mass is 16.3. The van der Waals surface area contributed by atoms with Gasteiger partial charge < -0.3 is 30.6 Å². The molecule has 0 aliphatic rings. The molecule has 210 valence electrons.